The van der Waals surface area contributed by atoms with Crippen LogP contribution in [0.5, 0.6) is 0 Å². The van der Waals surface area contributed by atoms with Crippen molar-refractivity contribution in [3.05, 3.63) is 59.9 Å². The zero-order valence-corrected chi connectivity index (χ0v) is 16.8. The number of benzene rings is 2. The molecule has 0 aromatic heterocycles. The lowest BCUT2D eigenvalue weighted by molar-refractivity contribution is -0.116. The Morgan fingerprint density at radius 3 is 2.03 bits per heavy atom. The second-order valence-electron chi connectivity index (χ2n) is 7.61. The largest absolute Gasteiger partial charge is 0.326 e. The Morgan fingerprint density at radius 2 is 1.45 bits per heavy atom. The topological polar surface area (TPSA) is 61.4 Å². The zero-order valence-electron chi connectivity index (χ0n) is 16.8. The molecule has 0 aliphatic carbocycles. The molecule has 0 bridgehead atoms. The fourth-order valence-electron chi connectivity index (χ4n) is 3.51. The van der Waals surface area contributed by atoms with Gasteiger partial charge in [-0.15, -0.1) is 0 Å². The Balaban J connectivity index is 1.49. The minimum Gasteiger partial charge on any atom is -0.326 e. The third-order valence-corrected chi connectivity index (χ3v) is 5.24. The fraction of sp³-hybridized carbons (Fsp3) is 0.391. The number of carbonyl (C=O) groups excluding carboxylic acids is 2. The second kappa shape index (κ2) is 10.0. The summed E-state index contributed by atoms with van der Waals surface area (Å²) in [6.45, 7) is 3.53. The number of nitrogens with zero attached hydrogens (tertiary/aromatic N) is 1. The van der Waals surface area contributed by atoms with E-state index in [0.29, 0.717) is 17.8 Å². The summed E-state index contributed by atoms with van der Waals surface area (Å²) in [4.78, 5) is 26.5. The molecule has 6 heteroatoms. The van der Waals surface area contributed by atoms with Gasteiger partial charge in [0.2, 0.25) is 5.91 Å². The zero-order chi connectivity index (χ0) is 20.6. The van der Waals surface area contributed by atoms with Crippen molar-refractivity contribution in [2.75, 3.05) is 23.7 Å². The van der Waals surface area contributed by atoms with Gasteiger partial charge in [-0.3, -0.25) is 4.79 Å². The van der Waals surface area contributed by atoms with Gasteiger partial charge >= 0.3 is 6.03 Å². The smallest absolute Gasteiger partial charge is 0.321 e. The summed E-state index contributed by atoms with van der Waals surface area (Å²) in [5.74, 6) is -0.403. The number of nitrogens with one attached hydrogen (secondary N) is 2. The highest BCUT2D eigenvalue weighted by molar-refractivity contribution is 5.92. The van der Waals surface area contributed by atoms with Crippen molar-refractivity contribution in [3.63, 3.8) is 0 Å². The van der Waals surface area contributed by atoms with Crippen LogP contribution in [0.3, 0.4) is 0 Å². The van der Waals surface area contributed by atoms with Gasteiger partial charge in [-0.25, -0.2) is 9.18 Å². The number of hydrogen-bond acceptors (Lipinski definition) is 2. The lowest BCUT2D eigenvalue weighted by Crippen LogP contribution is -2.35. The van der Waals surface area contributed by atoms with Gasteiger partial charge in [-0.1, -0.05) is 31.9 Å². The van der Waals surface area contributed by atoms with Crippen LogP contribution in [0, 0.1) is 5.82 Å². The first-order chi connectivity index (χ1) is 14.0. The Hall–Kier alpha value is -2.89. The first-order valence-corrected chi connectivity index (χ1v) is 10.2. The number of carbonyl (C=O) groups is 2. The molecule has 3 amide bonds. The molecule has 1 aliphatic heterocycles. The van der Waals surface area contributed by atoms with Crippen molar-refractivity contribution >= 4 is 23.3 Å². The summed E-state index contributed by atoms with van der Waals surface area (Å²) in [6.07, 6.45) is 4.76. The minimum atomic E-state index is -0.284. The highest BCUT2D eigenvalue weighted by Crippen LogP contribution is 2.21. The summed E-state index contributed by atoms with van der Waals surface area (Å²) < 4.78 is 13.0. The van der Waals surface area contributed by atoms with Crippen molar-refractivity contribution < 1.29 is 14.0 Å². The summed E-state index contributed by atoms with van der Waals surface area (Å²) in [7, 11) is 0. The third-order valence-electron chi connectivity index (χ3n) is 5.24. The molecule has 5 nitrogen and oxygen atoms in total. The number of amides is 3. The average molecular weight is 397 g/mol. The second-order valence-corrected chi connectivity index (χ2v) is 7.61. The number of rotatable bonds is 5. The molecule has 2 aromatic rings. The molecule has 2 aromatic carbocycles. The number of hydrogen-bond donors (Lipinski definition) is 2. The van der Waals surface area contributed by atoms with Crippen LogP contribution < -0.4 is 10.6 Å². The predicted molar refractivity (Wildman–Crippen MR) is 114 cm³/mol. The molecule has 1 heterocycles. The van der Waals surface area contributed by atoms with Crippen LogP contribution in [0.2, 0.25) is 0 Å². The molecule has 1 atom stereocenters. The maximum absolute atomic E-state index is 13.0. The van der Waals surface area contributed by atoms with E-state index in [4.69, 9.17) is 0 Å². The van der Waals surface area contributed by atoms with Gasteiger partial charge in [0.15, 0.2) is 0 Å². The van der Waals surface area contributed by atoms with Crippen molar-refractivity contribution in [1.82, 2.24) is 4.90 Å². The quantitative estimate of drug-likeness (QED) is 0.713. The Kier molecular flexibility index (Phi) is 7.22. The number of likely N-dealkylation sites (tertiary alicyclic amines) is 1. The van der Waals surface area contributed by atoms with Crippen LogP contribution in [0.4, 0.5) is 20.6 Å². The molecule has 0 radical (unpaired) electrons. The minimum absolute atomic E-state index is 0.0113. The van der Waals surface area contributed by atoms with Crippen molar-refractivity contribution in [2.45, 2.75) is 44.9 Å². The van der Waals surface area contributed by atoms with E-state index in [1.807, 2.05) is 11.8 Å². The van der Waals surface area contributed by atoms with Gasteiger partial charge < -0.3 is 15.5 Å². The maximum atomic E-state index is 13.0. The fourth-order valence-corrected chi connectivity index (χ4v) is 3.51. The van der Waals surface area contributed by atoms with E-state index >= 15 is 0 Å². The summed E-state index contributed by atoms with van der Waals surface area (Å²) in [5.41, 5.74) is 2.30. The van der Waals surface area contributed by atoms with Gasteiger partial charge in [0.25, 0.3) is 0 Å². The van der Waals surface area contributed by atoms with E-state index in [1.54, 1.807) is 36.4 Å². The number of halogens is 1. The SMILES string of the molecule is CC(CC(=O)Nc1ccc(NC(=O)N2CCCCCC2)cc1)c1ccc(F)cc1. The third kappa shape index (κ3) is 6.31. The van der Waals surface area contributed by atoms with Crippen molar-refractivity contribution in [1.29, 1.82) is 0 Å². The van der Waals surface area contributed by atoms with Gasteiger partial charge in [0.1, 0.15) is 5.82 Å². The number of anilines is 2. The molecule has 1 saturated heterocycles. The predicted octanol–water partition coefficient (Wildman–Crippen LogP) is 5.37. The Labute approximate surface area is 171 Å². The molecule has 29 heavy (non-hydrogen) atoms. The molecule has 1 unspecified atom stereocenters. The molecule has 0 spiro atoms. The van der Waals surface area contributed by atoms with E-state index in [2.05, 4.69) is 10.6 Å². The van der Waals surface area contributed by atoms with Crippen molar-refractivity contribution in [3.8, 4) is 0 Å². The first kappa shape index (κ1) is 20.8. The van der Waals surface area contributed by atoms with Gasteiger partial charge in [-0.2, -0.15) is 0 Å². The van der Waals surface area contributed by atoms with Gasteiger partial charge in [0, 0.05) is 30.9 Å². The molecular weight excluding hydrogens is 369 g/mol. The summed E-state index contributed by atoms with van der Waals surface area (Å²) in [6, 6.07) is 13.3. The van der Waals surface area contributed by atoms with Crippen LogP contribution in [0.1, 0.15) is 50.5 Å². The van der Waals surface area contributed by atoms with Crippen LogP contribution in [0.25, 0.3) is 0 Å². The molecule has 0 saturated carbocycles. The van der Waals surface area contributed by atoms with Crippen LogP contribution in [-0.2, 0) is 4.79 Å². The molecule has 2 N–H and O–H groups in total. The monoisotopic (exact) mass is 397 g/mol. The van der Waals surface area contributed by atoms with Crippen molar-refractivity contribution in [2.24, 2.45) is 0 Å². The number of urea groups is 1. The lowest BCUT2D eigenvalue weighted by atomic mass is 9.97. The van der Waals surface area contributed by atoms with E-state index in [0.717, 1.165) is 31.5 Å². The maximum Gasteiger partial charge on any atom is 0.321 e. The average Bonchev–Trinajstić information content (AvgIpc) is 2.99. The van der Waals surface area contributed by atoms with Crippen LogP contribution in [-0.4, -0.2) is 29.9 Å². The van der Waals surface area contributed by atoms with Gasteiger partial charge in [0.05, 0.1) is 0 Å². The van der Waals surface area contributed by atoms with Crippen LogP contribution >= 0.6 is 0 Å². The highest BCUT2D eigenvalue weighted by atomic mass is 19.1. The normalized spacial score (nSPS) is 15.3. The molecule has 1 fully saturated rings. The highest BCUT2D eigenvalue weighted by Gasteiger charge is 2.15. The Morgan fingerprint density at radius 1 is 0.897 bits per heavy atom. The summed E-state index contributed by atoms with van der Waals surface area (Å²) in [5, 5.41) is 5.79. The standard InChI is InChI=1S/C23H28FN3O2/c1-17(18-6-8-19(24)9-7-18)16-22(28)25-20-10-12-21(13-11-20)26-23(29)27-14-4-2-3-5-15-27/h6-13,17H,2-5,14-16H2,1H3,(H,25,28)(H,26,29). The molecule has 1 aliphatic rings. The lowest BCUT2D eigenvalue weighted by Gasteiger charge is -2.20. The van der Waals surface area contributed by atoms with E-state index in [1.165, 1.54) is 25.0 Å². The molecular formula is C23H28FN3O2. The summed E-state index contributed by atoms with van der Waals surface area (Å²) >= 11 is 0. The molecule has 154 valence electrons. The van der Waals surface area contributed by atoms with E-state index in [-0.39, 0.29) is 23.7 Å². The van der Waals surface area contributed by atoms with E-state index in [9.17, 15) is 14.0 Å². The first-order valence-electron chi connectivity index (χ1n) is 10.2. The molecule has 3 rings (SSSR count). The van der Waals surface area contributed by atoms with Gasteiger partial charge in [-0.05, 0) is 60.7 Å². The van der Waals surface area contributed by atoms with E-state index < -0.39 is 0 Å². The Bertz CT molecular complexity index is 813. The van der Waals surface area contributed by atoms with Crippen LogP contribution in [0.15, 0.2) is 48.5 Å².